The van der Waals surface area contributed by atoms with Gasteiger partial charge in [-0.3, -0.25) is 4.79 Å². The van der Waals surface area contributed by atoms with E-state index in [0.717, 1.165) is 24.1 Å². The minimum Gasteiger partial charge on any atom is -0.393 e. The Hall–Kier alpha value is -0.870. The van der Waals surface area contributed by atoms with Crippen LogP contribution in [0.25, 0.3) is 0 Å². The molecular weight excluding hydrogens is 258 g/mol. The van der Waals surface area contributed by atoms with Crippen molar-refractivity contribution in [2.75, 3.05) is 13.6 Å². The van der Waals surface area contributed by atoms with Crippen molar-refractivity contribution in [1.82, 2.24) is 4.90 Å². The van der Waals surface area contributed by atoms with Crippen molar-refractivity contribution in [3.05, 3.63) is 21.4 Å². The molecule has 0 aromatic carbocycles. The Labute approximate surface area is 119 Å². The van der Waals surface area contributed by atoms with Crippen molar-refractivity contribution in [3.63, 3.8) is 0 Å². The van der Waals surface area contributed by atoms with Crippen molar-refractivity contribution in [2.45, 2.75) is 45.6 Å². The van der Waals surface area contributed by atoms with E-state index < -0.39 is 0 Å². The van der Waals surface area contributed by atoms with E-state index in [0.29, 0.717) is 6.54 Å². The molecule has 0 aliphatic heterocycles. The lowest BCUT2D eigenvalue weighted by atomic mass is 9.86. The number of aliphatic hydroxyl groups excluding tert-OH is 1. The first kappa shape index (κ1) is 14.5. The fourth-order valence-corrected chi connectivity index (χ4v) is 3.73. The van der Waals surface area contributed by atoms with Gasteiger partial charge in [0.05, 0.1) is 11.0 Å². The van der Waals surface area contributed by atoms with Crippen LogP contribution in [0.2, 0.25) is 0 Å². The van der Waals surface area contributed by atoms with E-state index in [4.69, 9.17) is 0 Å². The lowest BCUT2D eigenvalue weighted by Gasteiger charge is -2.31. The first-order chi connectivity index (χ1) is 8.99. The summed E-state index contributed by atoms with van der Waals surface area (Å²) in [5.74, 6) is 0.323. The predicted octanol–water partition coefficient (Wildman–Crippen LogP) is 2.99. The Morgan fingerprint density at radius 2 is 2.11 bits per heavy atom. The monoisotopic (exact) mass is 281 g/mol. The van der Waals surface area contributed by atoms with Gasteiger partial charge in [0.2, 0.25) is 0 Å². The number of nitrogens with zero attached hydrogens (tertiary/aromatic N) is 1. The van der Waals surface area contributed by atoms with E-state index in [1.54, 1.807) is 16.2 Å². The normalized spacial score (nSPS) is 23.4. The van der Waals surface area contributed by atoms with E-state index in [9.17, 15) is 9.90 Å². The highest BCUT2D eigenvalue weighted by molar-refractivity contribution is 7.14. The maximum Gasteiger partial charge on any atom is 0.263 e. The third-order valence-electron chi connectivity index (χ3n) is 4.10. The second-order valence-electron chi connectivity index (χ2n) is 5.65. The van der Waals surface area contributed by atoms with E-state index >= 15 is 0 Å². The molecule has 1 amide bonds. The van der Waals surface area contributed by atoms with Crippen molar-refractivity contribution in [1.29, 1.82) is 0 Å². The topological polar surface area (TPSA) is 40.5 Å². The first-order valence-electron chi connectivity index (χ1n) is 6.99. The third kappa shape index (κ3) is 3.37. The number of amides is 1. The summed E-state index contributed by atoms with van der Waals surface area (Å²) in [7, 11) is 1.84. The van der Waals surface area contributed by atoms with Crippen molar-refractivity contribution >= 4 is 17.2 Å². The zero-order valence-corrected chi connectivity index (χ0v) is 12.8. The van der Waals surface area contributed by atoms with Crippen LogP contribution in [0.4, 0.5) is 0 Å². The molecule has 0 saturated heterocycles. The number of carbonyl (C=O) groups excluding carboxylic acids is 1. The molecule has 1 aromatic heterocycles. The third-order valence-corrected chi connectivity index (χ3v) is 5.24. The van der Waals surface area contributed by atoms with Crippen LogP contribution >= 0.6 is 11.3 Å². The Kier molecular flexibility index (Phi) is 4.63. The highest BCUT2D eigenvalue weighted by atomic mass is 32.1. The van der Waals surface area contributed by atoms with Crippen LogP contribution < -0.4 is 0 Å². The molecule has 1 aromatic rings. The molecule has 1 heterocycles. The molecule has 3 nitrogen and oxygen atoms in total. The summed E-state index contributed by atoms with van der Waals surface area (Å²) >= 11 is 1.56. The highest BCUT2D eigenvalue weighted by Gasteiger charge is 2.26. The van der Waals surface area contributed by atoms with Crippen molar-refractivity contribution in [3.8, 4) is 0 Å². The van der Waals surface area contributed by atoms with Gasteiger partial charge in [-0.2, -0.15) is 0 Å². The summed E-state index contributed by atoms with van der Waals surface area (Å²) in [6, 6.07) is 1.97. The van der Waals surface area contributed by atoms with Crippen molar-refractivity contribution in [2.24, 2.45) is 5.92 Å². The zero-order valence-electron chi connectivity index (χ0n) is 12.0. The smallest absolute Gasteiger partial charge is 0.263 e. The molecule has 0 radical (unpaired) electrons. The van der Waals surface area contributed by atoms with Gasteiger partial charge in [0.1, 0.15) is 0 Å². The molecule has 1 fully saturated rings. The van der Waals surface area contributed by atoms with Gasteiger partial charge in [-0.25, -0.2) is 0 Å². The van der Waals surface area contributed by atoms with Gasteiger partial charge in [-0.1, -0.05) is 12.8 Å². The number of thiophene rings is 1. The Morgan fingerprint density at radius 3 is 2.68 bits per heavy atom. The largest absolute Gasteiger partial charge is 0.393 e. The molecule has 1 saturated carbocycles. The minimum atomic E-state index is -0.240. The fraction of sp³-hybridized carbons (Fsp3) is 0.667. The van der Waals surface area contributed by atoms with Crippen LogP contribution in [0.15, 0.2) is 6.07 Å². The fourth-order valence-electron chi connectivity index (χ4n) is 2.70. The maximum absolute atomic E-state index is 12.3. The summed E-state index contributed by atoms with van der Waals surface area (Å²) in [6.07, 6.45) is 3.95. The van der Waals surface area contributed by atoms with Gasteiger partial charge in [-0.15, -0.1) is 11.3 Å². The zero-order chi connectivity index (χ0) is 14.0. The number of hydrogen-bond acceptors (Lipinski definition) is 3. The number of hydrogen-bond donors (Lipinski definition) is 1. The molecule has 2 rings (SSSR count). The molecule has 1 aliphatic rings. The van der Waals surface area contributed by atoms with Gasteiger partial charge >= 0.3 is 0 Å². The van der Waals surface area contributed by atoms with Crippen LogP contribution in [-0.2, 0) is 0 Å². The van der Waals surface area contributed by atoms with Gasteiger partial charge < -0.3 is 10.0 Å². The van der Waals surface area contributed by atoms with Crippen LogP contribution in [-0.4, -0.2) is 35.6 Å². The number of aryl methyl sites for hydroxylation is 2. The molecule has 4 heteroatoms. The quantitative estimate of drug-likeness (QED) is 0.925. The van der Waals surface area contributed by atoms with Gasteiger partial charge in [0, 0.05) is 24.4 Å². The Balaban J connectivity index is 1.99. The minimum absolute atomic E-state index is 0.0824. The van der Waals surface area contributed by atoms with Crippen LogP contribution in [0.5, 0.6) is 0 Å². The average molecular weight is 281 g/mol. The second-order valence-corrected chi connectivity index (χ2v) is 6.90. The number of carbonyl (C=O) groups is 1. The van der Waals surface area contributed by atoms with Crippen LogP contribution in [0.1, 0.15) is 45.8 Å². The summed E-state index contributed by atoms with van der Waals surface area (Å²) in [5.41, 5.74) is 1.18. The van der Waals surface area contributed by atoms with Gasteiger partial charge in [-0.05, 0) is 38.3 Å². The van der Waals surface area contributed by atoms with E-state index in [1.165, 1.54) is 16.9 Å². The highest BCUT2D eigenvalue weighted by Crippen LogP contribution is 2.26. The summed E-state index contributed by atoms with van der Waals surface area (Å²) in [5, 5.41) is 9.98. The second kappa shape index (κ2) is 6.06. The van der Waals surface area contributed by atoms with Crippen LogP contribution in [0, 0.1) is 19.8 Å². The Bertz CT molecular complexity index is 435. The molecule has 1 N–H and O–H groups in total. The summed E-state index contributed by atoms with van der Waals surface area (Å²) in [6.45, 7) is 4.74. The lowest BCUT2D eigenvalue weighted by molar-refractivity contribution is 0.0453. The lowest BCUT2D eigenvalue weighted by Crippen LogP contribution is -2.37. The van der Waals surface area contributed by atoms with E-state index in [1.807, 2.05) is 27.0 Å². The van der Waals surface area contributed by atoms with Gasteiger partial charge in [0.15, 0.2) is 0 Å². The Morgan fingerprint density at radius 1 is 1.42 bits per heavy atom. The van der Waals surface area contributed by atoms with Gasteiger partial charge in [0.25, 0.3) is 5.91 Å². The summed E-state index contributed by atoms with van der Waals surface area (Å²) in [4.78, 5) is 16.1. The van der Waals surface area contributed by atoms with E-state index in [-0.39, 0.29) is 17.9 Å². The predicted molar refractivity (Wildman–Crippen MR) is 78.7 cm³/mol. The number of aliphatic hydroxyl groups is 1. The molecule has 106 valence electrons. The standard InChI is InChI=1S/C15H23NO2S/c1-10-8-14(19-11(10)2)15(18)16(3)9-12-6-4-5-7-13(12)17/h8,12-13,17H,4-7,9H2,1-3H3. The van der Waals surface area contributed by atoms with Crippen molar-refractivity contribution < 1.29 is 9.90 Å². The molecular formula is C15H23NO2S. The maximum atomic E-state index is 12.3. The molecule has 19 heavy (non-hydrogen) atoms. The molecule has 2 unspecified atom stereocenters. The van der Waals surface area contributed by atoms with E-state index in [2.05, 4.69) is 0 Å². The van der Waals surface area contributed by atoms with Crippen LogP contribution in [0.3, 0.4) is 0 Å². The first-order valence-corrected chi connectivity index (χ1v) is 7.81. The SMILES string of the molecule is Cc1cc(C(=O)N(C)CC2CCCCC2O)sc1C. The number of rotatable bonds is 3. The summed E-state index contributed by atoms with van der Waals surface area (Å²) < 4.78 is 0. The molecule has 0 bridgehead atoms. The molecule has 1 aliphatic carbocycles. The average Bonchev–Trinajstić information content (AvgIpc) is 2.71. The molecule has 0 spiro atoms. The molecule has 2 atom stereocenters.